The lowest BCUT2D eigenvalue weighted by molar-refractivity contribution is -0.258. The Bertz CT molecular complexity index is 1240. The van der Waals surface area contributed by atoms with Gasteiger partial charge in [-0.1, -0.05) is 18.2 Å². The van der Waals surface area contributed by atoms with Crippen molar-refractivity contribution in [3.63, 3.8) is 0 Å². The zero-order chi connectivity index (χ0) is 29.1. The SMILES string of the molecule is CCOC(=O)C[C@@H]1COCCN1C[C@H]1CN(S(=O)(=O)c2cccs2)CCN1c1ccc([C@](C)(O)C(F)(F)F)cc1. The number of benzene rings is 1. The number of anilines is 1. The molecule has 3 atom stereocenters. The van der Waals surface area contributed by atoms with Crippen LogP contribution in [0.2, 0.25) is 0 Å². The van der Waals surface area contributed by atoms with E-state index in [1.165, 1.54) is 28.6 Å². The summed E-state index contributed by atoms with van der Waals surface area (Å²) in [5, 5.41) is 11.8. The Labute approximate surface area is 236 Å². The topological polar surface area (TPSA) is 99.6 Å². The molecule has 0 spiro atoms. The molecule has 3 heterocycles. The molecule has 2 aliphatic rings. The Kier molecular flexibility index (Phi) is 9.47. The fourth-order valence-corrected chi connectivity index (χ4v) is 7.63. The number of aliphatic hydroxyl groups is 1. The van der Waals surface area contributed by atoms with E-state index in [1.807, 2.05) is 4.90 Å². The maximum Gasteiger partial charge on any atom is 0.421 e. The molecule has 1 aromatic heterocycles. The van der Waals surface area contributed by atoms with Gasteiger partial charge in [-0.05, 0) is 43.0 Å². The van der Waals surface area contributed by atoms with Gasteiger partial charge in [-0.2, -0.15) is 17.5 Å². The van der Waals surface area contributed by atoms with Crippen LogP contribution in [-0.4, -0.2) is 99.5 Å². The maximum atomic E-state index is 13.4. The summed E-state index contributed by atoms with van der Waals surface area (Å²) < 4.78 is 79.2. The van der Waals surface area contributed by atoms with Crippen molar-refractivity contribution in [2.75, 3.05) is 57.4 Å². The van der Waals surface area contributed by atoms with E-state index in [-0.39, 0.29) is 53.9 Å². The molecule has 2 fully saturated rings. The number of alkyl halides is 3. The standard InChI is InChI=1S/C26H34F3N3O6S2/c1-3-38-23(33)15-21-18-37-13-12-30(21)16-22-17-31(40(35,36)24-5-4-14-39-24)10-11-32(22)20-8-6-19(7-9-20)25(2,34)26(27,28)29/h4-9,14,21-22,34H,3,10-13,15-18H2,1-2H3/t21-,22+,25+/m1/s1. The normalized spacial score (nSPS) is 23.1. The molecule has 14 heteroatoms. The highest BCUT2D eigenvalue weighted by atomic mass is 32.2. The summed E-state index contributed by atoms with van der Waals surface area (Å²) in [6.45, 7) is 5.03. The van der Waals surface area contributed by atoms with E-state index in [2.05, 4.69) is 4.90 Å². The zero-order valence-electron chi connectivity index (χ0n) is 22.3. The molecule has 9 nitrogen and oxygen atoms in total. The summed E-state index contributed by atoms with van der Waals surface area (Å²) in [5.41, 5.74) is -2.69. The van der Waals surface area contributed by atoms with Gasteiger partial charge in [-0.15, -0.1) is 11.3 Å². The lowest BCUT2D eigenvalue weighted by Crippen LogP contribution is -2.60. The summed E-state index contributed by atoms with van der Waals surface area (Å²) in [5.74, 6) is -0.349. The number of sulfonamides is 1. The molecule has 4 rings (SSSR count). The van der Waals surface area contributed by atoms with Gasteiger partial charge in [0.25, 0.3) is 10.0 Å². The highest BCUT2D eigenvalue weighted by molar-refractivity contribution is 7.91. The second-order valence-electron chi connectivity index (χ2n) is 9.99. The van der Waals surface area contributed by atoms with Crippen molar-refractivity contribution in [3.05, 3.63) is 47.3 Å². The summed E-state index contributed by atoms with van der Waals surface area (Å²) >= 11 is 1.14. The van der Waals surface area contributed by atoms with Crippen LogP contribution in [0.25, 0.3) is 0 Å². The number of piperazine rings is 1. The lowest BCUT2D eigenvalue weighted by atomic mass is 9.95. The fourth-order valence-electron chi connectivity index (χ4n) is 5.02. The van der Waals surface area contributed by atoms with Gasteiger partial charge in [0.05, 0.1) is 32.3 Å². The fraction of sp³-hybridized carbons (Fsp3) is 0.577. The van der Waals surface area contributed by atoms with E-state index < -0.39 is 21.8 Å². The number of hydrogen-bond acceptors (Lipinski definition) is 9. The zero-order valence-corrected chi connectivity index (χ0v) is 24.0. The van der Waals surface area contributed by atoms with E-state index in [4.69, 9.17) is 9.47 Å². The quantitative estimate of drug-likeness (QED) is 0.436. The smallest absolute Gasteiger partial charge is 0.421 e. The number of nitrogens with zero attached hydrogens (tertiary/aromatic N) is 3. The molecule has 0 radical (unpaired) electrons. The molecule has 40 heavy (non-hydrogen) atoms. The first-order valence-electron chi connectivity index (χ1n) is 13.0. The second-order valence-corrected chi connectivity index (χ2v) is 13.1. The minimum absolute atomic E-state index is 0.124. The second kappa shape index (κ2) is 12.3. The van der Waals surface area contributed by atoms with E-state index in [0.29, 0.717) is 45.5 Å². The van der Waals surface area contributed by atoms with E-state index in [9.17, 15) is 31.5 Å². The molecule has 0 unspecified atom stereocenters. The molecule has 1 N–H and O–H groups in total. The first-order valence-corrected chi connectivity index (χ1v) is 15.3. The monoisotopic (exact) mass is 605 g/mol. The van der Waals surface area contributed by atoms with Crippen LogP contribution in [0.4, 0.5) is 18.9 Å². The summed E-state index contributed by atoms with van der Waals surface area (Å²) in [4.78, 5) is 16.3. The number of morpholine rings is 1. The third-order valence-corrected chi connectivity index (χ3v) is 10.6. The van der Waals surface area contributed by atoms with Gasteiger partial charge in [0.1, 0.15) is 4.21 Å². The van der Waals surface area contributed by atoms with Crippen molar-refractivity contribution >= 4 is 33.0 Å². The number of rotatable bonds is 9. The first kappa shape index (κ1) is 30.7. The molecule has 1 aromatic carbocycles. The van der Waals surface area contributed by atoms with Crippen LogP contribution >= 0.6 is 11.3 Å². The van der Waals surface area contributed by atoms with Crippen LogP contribution in [0.3, 0.4) is 0 Å². The molecule has 0 saturated carbocycles. The molecular weight excluding hydrogens is 571 g/mol. The average Bonchev–Trinajstić information content (AvgIpc) is 3.46. The molecule has 222 valence electrons. The van der Waals surface area contributed by atoms with Gasteiger partial charge in [0, 0.05) is 44.5 Å². The number of carbonyl (C=O) groups is 1. The van der Waals surface area contributed by atoms with Gasteiger partial charge in [0.15, 0.2) is 5.60 Å². The van der Waals surface area contributed by atoms with Crippen molar-refractivity contribution in [1.82, 2.24) is 9.21 Å². The van der Waals surface area contributed by atoms with E-state index in [0.717, 1.165) is 11.3 Å². The number of hydrogen-bond donors (Lipinski definition) is 1. The molecule has 2 aliphatic heterocycles. The van der Waals surface area contributed by atoms with Crippen LogP contribution in [0.5, 0.6) is 0 Å². The minimum atomic E-state index is -4.84. The third kappa shape index (κ3) is 6.63. The van der Waals surface area contributed by atoms with E-state index in [1.54, 1.807) is 24.4 Å². The van der Waals surface area contributed by atoms with Crippen molar-refractivity contribution in [2.24, 2.45) is 0 Å². The van der Waals surface area contributed by atoms with Crippen LogP contribution < -0.4 is 4.90 Å². The highest BCUT2D eigenvalue weighted by Crippen LogP contribution is 2.39. The van der Waals surface area contributed by atoms with E-state index >= 15 is 0 Å². The predicted molar refractivity (Wildman–Crippen MR) is 144 cm³/mol. The predicted octanol–water partition coefficient (Wildman–Crippen LogP) is 3.05. The Hall–Kier alpha value is -2.23. The van der Waals surface area contributed by atoms with Crippen molar-refractivity contribution in [1.29, 1.82) is 0 Å². The number of ether oxygens (including phenoxy) is 2. The third-order valence-electron chi connectivity index (χ3n) is 7.35. The Morgan fingerprint density at radius 2 is 1.88 bits per heavy atom. The average molecular weight is 606 g/mol. The molecule has 0 aliphatic carbocycles. The highest BCUT2D eigenvalue weighted by Gasteiger charge is 2.51. The van der Waals surface area contributed by atoms with Crippen molar-refractivity contribution in [3.8, 4) is 0 Å². The van der Waals surface area contributed by atoms with Crippen molar-refractivity contribution in [2.45, 2.75) is 48.3 Å². The van der Waals surface area contributed by atoms with Crippen LogP contribution in [0.1, 0.15) is 25.8 Å². The van der Waals surface area contributed by atoms with Gasteiger partial charge in [0.2, 0.25) is 0 Å². The Morgan fingerprint density at radius 1 is 1.15 bits per heavy atom. The summed E-state index contributed by atoms with van der Waals surface area (Å²) in [7, 11) is -3.73. The number of thiophene rings is 1. The molecule has 2 saturated heterocycles. The van der Waals surface area contributed by atoms with Crippen LogP contribution in [0.15, 0.2) is 46.0 Å². The van der Waals surface area contributed by atoms with Gasteiger partial charge in [-0.3, -0.25) is 9.69 Å². The molecule has 0 amide bonds. The maximum absolute atomic E-state index is 13.4. The molecule has 2 aromatic rings. The van der Waals surface area contributed by atoms with Crippen LogP contribution in [0, 0.1) is 0 Å². The Morgan fingerprint density at radius 3 is 2.50 bits per heavy atom. The molecular formula is C26H34F3N3O6S2. The molecule has 0 bridgehead atoms. The number of esters is 1. The number of carbonyl (C=O) groups excluding carboxylic acids is 1. The van der Waals surface area contributed by atoms with Crippen LogP contribution in [-0.2, 0) is 29.9 Å². The Balaban J connectivity index is 1.61. The van der Waals surface area contributed by atoms with Crippen molar-refractivity contribution < 1.29 is 41.0 Å². The number of halogens is 3. The minimum Gasteiger partial charge on any atom is -0.466 e. The van der Waals surface area contributed by atoms with Gasteiger partial charge >= 0.3 is 12.1 Å². The van der Waals surface area contributed by atoms with Gasteiger partial charge < -0.3 is 19.5 Å². The summed E-state index contributed by atoms with van der Waals surface area (Å²) in [6, 6.07) is 8.12. The first-order chi connectivity index (χ1) is 18.8. The summed E-state index contributed by atoms with van der Waals surface area (Å²) in [6.07, 6.45) is -4.72. The van der Waals surface area contributed by atoms with Gasteiger partial charge in [-0.25, -0.2) is 8.42 Å². The lowest BCUT2D eigenvalue weighted by Gasteiger charge is -2.46. The largest absolute Gasteiger partial charge is 0.466 e.